The summed E-state index contributed by atoms with van der Waals surface area (Å²) >= 11 is 0. The Morgan fingerprint density at radius 1 is 0.420 bits per heavy atom. The largest absolute Gasteiger partial charge is 0.545 e. The molecule has 0 saturated heterocycles. The zero-order valence-corrected chi connectivity index (χ0v) is 46.5. The van der Waals surface area contributed by atoms with E-state index in [0.717, 1.165) is 51.4 Å². The third kappa shape index (κ3) is 53.7. The molecule has 0 saturated carbocycles. The Kier molecular flexibility index (Phi) is 50.9. The molecule has 0 spiro atoms. The molecule has 0 heterocycles. The van der Waals surface area contributed by atoms with Gasteiger partial charge in [-0.25, -0.2) is 0 Å². The predicted molar refractivity (Wildman–Crippen MR) is 288 cm³/mol. The molecule has 2 atom stereocenters. The maximum absolute atomic E-state index is 12.8. The number of esters is 2. The Balaban J connectivity index is 3.98. The van der Waals surface area contributed by atoms with Crippen molar-refractivity contribution >= 4 is 17.9 Å². The highest BCUT2D eigenvalue weighted by Gasteiger charge is 2.22. The van der Waals surface area contributed by atoms with Gasteiger partial charge < -0.3 is 33.3 Å². The van der Waals surface area contributed by atoms with Gasteiger partial charge in [0.05, 0.1) is 40.3 Å². The molecular weight excluding hydrogens is 863 g/mol. The molecule has 0 aliphatic carbocycles. The van der Waals surface area contributed by atoms with Crippen LogP contribution in [0.4, 0.5) is 0 Å². The van der Waals surface area contributed by atoms with Crippen LogP contribution in [-0.2, 0) is 33.3 Å². The summed E-state index contributed by atoms with van der Waals surface area (Å²) in [4.78, 5) is 37.1. The van der Waals surface area contributed by atoms with E-state index >= 15 is 0 Å². The lowest BCUT2D eigenvalue weighted by Gasteiger charge is -2.26. The zero-order valence-electron chi connectivity index (χ0n) is 46.5. The molecule has 408 valence electrons. The van der Waals surface area contributed by atoms with Gasteiger partial charge in [-0.3, -0.25) is 9.59 Å². The summed E-state index contributed by atoms with van der Waals surface area (Å²) in [6, 6.07) is 0. The molecule has 0 rings (SSSR count). The van der Waals surface area contributed by atoms with Crippen LogP contribution in [0.3, 0.4) is 0 Å². The number of carboxylic acids is 1. The molecule has 0 bridgehead atoms. The van der Waals surface area contributed by atoms with Gasteiger partial charge in [-0.05, 0) is 38.5 Å². The maximum atomic E-state index is 12.8. The number of allylic oxidation sites excluding steroid dienone is 2. The van der Waals surface area contributed by atoms with E-state index in [1.165, 1.54) is 212 Å². The fourth-order valence-electron chi connectivity index (χ4n) is 8.89. The van der Waals surface area contributed by atoms with Crippen molar-refractivity contribution in [3.63, 3.8) is 0 Å². The molecule has 0 amide bonds. The van der Waals surface area contributed by atoms with E-state index in [1.54, 1.807) is 0 Å². The summed E-state index contributed by atoms with van der Waals surface area (Å²) in [5.41, 5.74) is 0. The lowest BCUT2D eigenvalue weighted by Crippen LogP contribution is -2.44. The quantitative estimate of drug-likeness (QED) is 0.0195. The lowest BCUT2D eigenvalue weighted by atomic mass is 10.0. The topological polar surface area (TPSA) is 111 Å². The second-order valence-corrected chi connectivity index (χ2v) is 21.6. The number of hydrogen-bond donors (Lipinski definition) is 0. The van der Waals surface area contributed by atoms with Crippen LogP contribution in [0, 0.1) is 0 Å². The van der Waals surface area contributed by atoms with Gasteiger partial charge in [-0.2, -0.15) is 0 Å². The van der Waals surface area contributed by atoms with E-state index in [4.69, 9.17) is 18.9 Å². The highest BCUT2D eigenvalue weighted by Crippen LogP contribution is 2.18. The summed E-state index contributed by atoms with van der Waals surface area (Å²) < 4.78 is 22.6. The first-order chi connectivity index (χ1) is 33.6. The number of ether oxygens (including phenoxy) is 4. The number of carbonyl (C=O) groups is 3. The molecule has 9 nitrogen and oxygen atoms in total. The predicted octanol–water partition coefficient (Wildman–Crippen LogP) is 16.0. The Morgan fingerprint density at radius 2 is 0.739 bits per heavy atom. The second-order valence-electron chi connectivity index (χ2n) is 21.6. The average Bonchev–Trinajstić information content (AvgIpc) is 3.31. The number of carbonyl (C=O) groups excluding carboxylic acids is 3. The summed E-state index contributed by atoms with van der Waals surface area (Å²) in [6.45, 7) is 4.75. The lowest BCUT2D eigenvalue weighted by molar-refractivity contribution is -0.870. The first-order valence-corrected chi connectivity index (χ1v) is 29.8. The highest BCUT2D eigenvalue weighted by molar-refractivity contribution is 5.70. The standard InChI is InChI=1S/C60H115NO8/c1-6-8-10-12-14-16-18-20-21-22-23-24-25-26-27-28-29-30-31-32-33-34-35-36-37-38-39-41-42-44-46-48-50-57(62)67-54-56(55-68-60(59(64)65)66-53-52-61(3,4)5)69-58(63)51-49-47-45-43-40-19-17-15-13-11-9-7-2/h15,17,56,60H,6-14,16,18-55H2,1-5H3/b17-15-. The van der Waals surface area contributed by atoms with Crippen LogP contribution in [0.5, 0.6) is 0 Å². The number of rotatable bonds is 56. The number of likely N-dealkylation sites (N-methyl/N-ethyl adjacent to an activating group) is 1. The van der Waals surface area contributed by atoms with E-state index in [9.17, 15) is 19.5 Å². The van der Waals surface area contributed by atoms with E-state index in [2.05, 4.69) is 26.0 Å². The van der Waals surface area contributed by atoms with Gasteiger partial charge in [-0.1, -0.05) is 257 Å². The Labute approximate surface area is 427 Å². The van der Waals surface area contributed by atoms with Crippen LogP contribution in [0.15, 0.2) is 12.2 Å². The minimum Gasteiger partial charge on any atom is -0.545 e. The minimum absolute atomic E-state index is 0.149. The number of unbranched alkanes of at least 4 members (excludes halogenated alkanes) is 39. The van der Waals surface area contributed by atoms with Crippen LogP contribution < -0.4 is 5.11 Å². The molecule has 0 N–H and O–H groups in total. The number of carboxylic acid groups (broad SMARTS) is 1. The van der Waals surface area contributed by atoms with E-state index in [0.29, 0.717) is 23.9 Å². The molecule has 0 fully saturated rings. The van der Waals surface area contributed by atoms with Crippen molar-refractivity contribution in [3.8, 4) is 0 Å². The molecular formula is C60H115NO8. The SMILES string of the molecule is CCCCC/C=C\CCCCCCCC(=O)OC(COC(=O)CCCCCCCCCCCCCCCCCCCCCCCCCCCCCCCCCC)COC(OCC[N+](C)(C)C)C(=O)[O-]. The van der Waals surface area contributed by atoms with Gasteiger partial charge in [0.1, 0.15) is 13.2 Å². The number of quaternary nitrogens is 1. The molecule has 0 aromatic heterocycles. The van der Waals surface area contributed by atoms with Crippen LogP contribution in [-0.4, -0.2) is 82.3 Å². The average molecular weight is 979 g/mol. The molecule has 2 unspecified atom stereocenters. The van der Waals surface area contributed by atoms with Gasteiger partial charge in [0.2, 0.25) is 0 Å². The van der Waals surface area contributed by atoms with Crippen LogP contribution in [0.1, 0.15) is 296 Å². The van der Waals surface area contributed by atoms with Gasteiger partial charge in [0.25, 0.3) is 0 Å². The number of aliphatic carboxylic acids is 1. The summed E-state index contributed by atoms with van der Waals surface area (Å²) in [7, 11) is 5.92. The fourth-order valence-corrected chi connectivity index (χ4v) is 8.89. The van der Waals surface area contributed by atoms with Crippen molar-refractivity contribution in [3.05, 3.63) is 12.2 Å². The van der Waals surface area contributed by atoms with Crippen molar-refractivity contribution in [1.82, 2.24) is 0 Å². The molecule has 0 aliphatic rings. The smallest absolute Gasteiger partial charge is 0.306 e. The number of hydrogen-bond acceptors (Lipinski definition) is 8. The monoisotopic (exact) mass is 978 g/mol. The molecule has 0 aromatic rings. The maximum Gasteiger partial charge on any atom is 0.306 e. The minimum atomic E-state index is -1.62. The normalized spacial score (nSPS) is 12.8. The van der Waals surface area contributed by atoms with E-state index < -0.39 is 24.3 Å². The van der Waals surface area contributed by atoms with Crippen molar-refractivity contribution in [1.29, 1.82) is 0 Å². The van der Waals surface area contributed by atoms with Crippen LogP contribution >= 0.6 is 0 Å². The first-order valence-electron chi connectivity index (χ1n) is 29.8. The summed E-state index contributed by atoms with van der Waals surface area (Å²) in [5, 5.41) is 11.7. The molecule has 0 aliphatic heterocycles. The van der Waals surface area contributed by atoms with Gasteiger partial charge in [0.15, 0.2) is 12.4 Å². The second kappa shape index (κ2) is 52.4. The fraction of sp³-hybridized carbons (Fsp3) is 0.917. The van der Waals surface area contributed by atoms with Gasteiger partial charge in [0, 0.05) is 12.8 Å². The van der Waals surface area contributed by atoms with Crippen molar-refractivity contribution in [2.75, 3.05) is 47.5 Å². The Morgan fingerprint density at radius 3 is 1.10 bits per heavy atom. The molecule has 0 aromatic carbocycles. The highest BCUT2D eigenvalue weighted by atomic mass is 16.7. The molecule has 9 heteroatoms. The van der Waals surface area contributed by atoms with Crippen LogP contribution in [0.25, 0.3) is 0 Å². The Hall–Kier alpha value is -1.97. The zero-order chi connectivity index (χ0) is 50.6. The van der Waals surface area contributed by atoms with Crippen molar-refractivity contribution in [2.24, 2.45) is 0 Å². The third-order valence-corrected chi connectivity index (χ3v) is 13.5. The van der Waals surface area contributed by atoms with Crippen molar-refractivity contribution < 1.29 is 42.9 Å². The third-order valence-electron chi connectivity index (χ3n) is 13.5. The van der Waals surface area contributed by atoms with E-state index in [1.807, 2.05) is 21.1 Å². The van der Waals surface area contributed by atoms with Gasteiger partial charge >= 0.3 is 11.9 Å². The summed E-state index contributed by atoms with van der Waals surface area (Å²) in [5.74, 6) is -2.28. The van der Waals surface area contributed by atoms with Crippen LogP contribution in [0.2, 0.25) is 0 Å². The van der Waals surface area contributed by atoms with Gasteiger partial charge in [-0.15, -0.1) is 0 Å². The summed E-state index contributed by atoms with van der Waals surface area (Å²) in [6.07, 6.45) is 57.2. The number of nitrogens with zero attached hydrogens (tertiary/aromatic N) is 1. The first kappa shape index (κ1) is 67.0. The van der Waals surface area contributed by atoms with Crippen molar-refractivity contribution in [2.45, 2.75) is 309 Å². The molecule has 69 heavy (non-hydrogen) atoms. The molecule has 0 radical (unpaired) electrons. The van der Waals surface area contributed by atoms with E-state index in [-0.39, 0.29) is 32.2 Å². The Bertz CT molecular complexity index is 1140.